The molecule has 0 spiro atoms. The molecular weight excluding hydrogens is 358 g/mol. The van der Waals surface area contributed by atoms with E-state index in [0.717, 1.165) is 17.0 Å². The minimum Gasteiger partial charge on any atom is -0.469 e. The number of methoxy groups -OCH3 is 1. The second-order valence-electron chi connectivity index (χ2n) is 7.04. The molecule has 1 aromatic heterocycles. The van der Waals surface area contributed by atoms with Crippen LogP contribution in [0.5, 0.6) is 0 Å². The number of aryl methyl sites for hydroxylation is 1. The predicted octanol–water partition coefficient (Wildman–Crippen LogP) is 3.83. The fraction of sp³-hybridized carbons (Fsp3) is 0.409. The van der Waals surface area contributed by atoms with Crippen molar-refractivity contribution in [1.82, 2.24) is 4.57 Å². The molecule has 0 aliphatic carbocycles. The van der Waals surface area contributed by atoms with Gasteiger partial charge in [0.15, 0.2) is 6.61 Å². The first-order chi connectivity index (χ1) is 13.2. The third-order valence-electron chi connectivity index (χ3n) is 4.79. The summed E-state index contributed by atoms with van der Waals surface area (Å²) in [5.41, 5.74) is 3.64. The lowest BCUT2D eigenvalue weighted by Gasteiger charge is -2.09. The van der Waals surface area contributed by atoms with Gasteiger partial charge in [0.25, 0.3) is 0 Å². The maximum Gasteiger partial charge on any atom is 0.338 e. The lowest BCUT2D eigenvalue weighted by Crippen LogP contribution is -2.15. The molecule has 0 aliphatic heterocycles. The average Bonchev–Trinajstić information content (AvgIpc) is 2.97. The first kappa shape index (κ1) is 21.4. The Morgan fingerprint density at radius 2 is 1.71 bits per heavy atom. The molecule has 0 saturated carbocycles. The Morgan fingerprint density at radius 1 is 1.07 bits per heavy atom. The van der Waals surface area contributed by atoms with Gasteiger partial charge in [0.2, 0.25) is 5.78 Å². The number of carbonyl (C=O) groups excluding carboxylic acids is 3. The molecule has 28 heavy (non-hydrogen) atoms. The lowest BCUT2D eigenvalue weighted by molar-refractivity contribution is -0.140. The second kappa shape index (κ2) is 9.35. The Bertz CT molecular complexity index is 862. The molecule has 2 rings (SSSR count). The van der Waals surface area contributed by atoms with Gasteiger partial charge in [0.05, 0.1) is 19.1 Å². The van der Waals surface area contributed by atoms with Gasteiger partial charge in [-0.3, -0.25) is 9.59 Å². The Balaban J connectivity index is 2.01. The van der Waals surface area contributed by atoms with Crippen LogP contribution in [0, 0.1) is 13.8 Å². The van der Waals surface area contributed by atoms with E-state index in [-0.39, 0.29) is 24.8 Å². The van der Waals surface area contributed by atoms with Crippen molar-refractivity contribution in [2.24, 2.45) is 0 Å². The Hall–Kier alpha value is -2.89. The predicted molar refractivity (Wildman–Crippen MR) is 106 cm³/mol. The topological polar surface area (TPSA) is 74.6 Å². The number of Topliss-reactive ketones (excluding diaryl/α,β-unsaturated/α-hetero) is 1. The quantitative estimate of drug-likeness (QED) is 0.510. The van der Waals surface area contributed by atoms with Crippen molar-refractivity contribution in [3.05, 3.63) is 58.4 Å². The molecule has 6 nitrogen and oxygen atoms in total. The van der Waals surface area contributed by atoms with Crippen LogP contribution in [-0.4, -0.2) is 36.0 Å². The number of nitrogens with zero attached hydrogens (tertiary/aromatic N) is 1. The molecule has 0 N–H and O–H groups in total. The van der Waals surface area contributed by atoms with Crippen molar-refractivity contribution < 1.29 is 23.9 Å². The van der Waals surface area contributed by atoms with Crippen molar-refractivity contribution >= 4 is 17.7 Å². The maximum absolute atomic E-state index is 12.5. The molecule has 1 aromatic carbocycles. The largest absolute Gasteiger partial charge is 0.469 e. The summed E-state index contributed by atoms with van der Waals surface area (Å²) in [7, 11) is 1.34. The van der Waals surface area contributed by atoms with Gasteiger partial charge in [-0.25, -0.2) is 4.79 Å². The minimum atomic E-state index is -0.525. The number of hydrogen-bond donors (Lipinski definition) is 0. The van der Waals surface area contributed by atoms with E-state index in [0.29, 0.717) is 23.6 Å². The molecule has 0 aliphatic rings. The van der Waals surface area contributed by atoms with Gasteiger partial charge in [-0.05, 0) is 43.5 Å². The van der Waals surface area contributed by atoms with Crippen LogP contribution in [0.25, 0.3) is 0 Å². The third-order valence-corrected chi connectivity index (χ3v) is 4.79. The van der Waals surface area contributed by atoms with Crippen LogP contribution in [0.4, 0.5) is 0 Å². The number of esters is 2. The van der Waals surface area contributed by atoms with E-state index in [2.05, 4.69) is 18.6 Å². The van der Waals surface area contributed by atoms with Crippen LogP contribution >= 0.6 is 0 Å². The number of ether oxygens (including phenoxy) is 2. The van der Waals surface area contributed by atoms with Crippen molar-refractivity contribution in [2.45, 2.75) is 46.6 Å². The smallest absolute Gasteiger partial charge is 0.338 e. The van der Waals surface area contributed by atoms with Crippen LogP contribution in [0.3, 0.4) is 0 Å². The summed E-state index contributed by atoms with van der Waals surface area (Å²) in [6.45, 7) is 7.93. The highest BCUT2D eigenvalue weighted by Crippen LogP contribution is 2.18. The molecule has 2 aromatic rings. The number of benzene rings is 1. The molecule has 150 valence electrons. The van der Waals surface area contributed by atoms with Crippen LogP contribution < -0.4 is 0 Å². The highest BCUT2D eigenvalue weighted by molar-refractivity contribution is 6.00. The van der Waals surface area contributed by atoms with Crippen molar-refractivity contribution in [3.63, 3.8) is 0 Å². The van der Waals surface area contributed by atoms with Crippen LogP contribution in [0.2, 0.25) is 0 Å². The third kappa shape index (κ3) is 5.09. The normalized spacial score (nSPS) is 10.8. The number of aromatic nitrogens is 1. The maximum atomic E-state index is 12.5. The number of ketones is 1. The van der Waals surface area contributed by atoms with E-state index < -0.39 is 5.97 Å². The molecule has 0 atom stereocenters. The zero-order valence-electron chi connectivity index (χ0n) is 17.1. The fourth-order valence-corrected chi connectivity index (χ4v) is 3.03. The van der Waals surface area contributed by atoms with Crippen LogP contribution in [-0.2, 0) is 20.8 Å². The fourth-order valence-electron chi connectivity index (χ4n) is 3.03. The van der Waals surface area contributed by atoms with E-state index in [1.54, 1.807) is 18.2 Å². The highest BCUT2D eigenvalue weighted by atomic mass is 16.5. The van der Waals surface area contributed by atoms with Crippen LogP contribution in [0.15, 0.2) is 30.3 Å². The molecule has 0 unspecified atom stereocenters. The van der Waals surface area contributed by atoms with E-state index in [9.17, 15) is 14.4 Å². The standard InChI is InChI=1S/C22H27NO5/c1-14(2)17-6-8-18(9-7-17)22(26)28-13-20(24)19-12-15(3)23(16(19)4)11-10-21(25)27-5/h6-9,12,14H,10-11,13H2,1-5H3. The minimum absolute atomic E-state index is 0.224. The zero-order valence-corrected chi connectivity index (χ0v) is 17.1. The SMILES string of the molecule is COC(=O)CCn1c(C)cc(C(=O)COC(=O)c2ccc(C(C)C)cc2)c1C. The first-order valence-electron chi connectivity index (χ1n) is 9.28. The summed E-state index contributed by atoms with van der Waals surface area (Å²) < 4.78 is 11.7. The van der Waals surface area contributed by atoms with Gasteiger partial charge in [-0.15, -0.1) is 0 Å². The molecule has 6 heteroatoms. The van der Waals surface area contributed by atoms with Gasteiger partial charge < -0.3 is 14.0 Å². The van der Waals surface area contributed by atoms with Gasteiger partial charge in [-0.2, -0.15) is 0 Å². The lowest BCUT2D eigenvalue weighted by atomic mass is 10.0. The molecular formula is C22H27NO5. The monoisotopic (exact) mass is 385 g/mol. The summed E-state index contributed by atoms with van der Waals surface area (Å²) in [4.78, 5) is 36.1. The average molecular weight is 385 g/mol. The number of carbonyl (C=O) groups is 3. The van der Waals surface area contributed by atoms with Gasteiger partial charge in [0, 0.05) is 23.5 Å². The van der Waals surface area contributed by atoms with Crippen molar-refractivity contribution in [3.8, 4) is 0 Å². The molecule has 0 amide bonds. The highest BCUT2D eigenvalue weighted by Gasteiger charge is 2.18. The molecule has 0 bridgehead atoms. The molecule has 0 saturated heterocycles. The number of hydrogen-bond acceptors (Lipinski definition) is 5. The molecule has 1 heterocycles. The summed E-state index contributed by atoms with van der Waals surface area (Å²) in [6.07, 6.45) is 0.224. The van der Waals surface area contributed by atoms with Gasteiger partial charge >= 0.3 is 11.9 Å². The summed E-state index contributed by atoms with van der Waals surface area (Å²) in [6, 6.07) is 8.94. The summed E-state index contributed by atoms with van der Waals surface area (Å²) >= 11 is 0. The summed E-state index contributed by atoms with van der Waals surface area (Å²) in [5.74, 6) is -0.730. The van der Waals surface area contributed by atoms with E-state index in [4.69, 9.17) is 4.74 Å². The van der Waals surface area contributed by atoms with Crippen molar-refractivity contribution in [2.75, 3.05) is 13.7 Å². The Labute approximate surface area is 165 Å². The van der Waals surface area contributed by atoms with E-state index in [1.807, 2.05) is 30.5 Å². The molecule has 0 fully saturated rings. The van der Waals surface area contributed by atoms with Gasteiger partial charge in [-0.1, -0.05) is 26.0 Å². The van der Waals surface area contributed by atoms with E-state index in [1.165, 1.54) is 7.11 Å². The summed E-state index contributed by atoms with van der Waals surface area (Å²) in [5, 5.41) is 0. The Morgan fingerprint density at radius 3 is 2.29 bits per heavy atom. The molecule has 0 radical (unpaired) electrons. The van der Waals surface area contributed by atoms with E-state index >= 15 is 0 Å². The van der Waals surface area contributed by atoms with Gasteiger partial charge in [0.1, 0.15) is 0 Å². The van der Waals surface area contributed by atoms with Crippen LogP contribution in [0.1, 0.15) is 63.9 Å². The van der Waals surface area contributed by atoms with Crippen molar-refractivity contribution in [1.29, 1.82) is 0 Å². The second-order valence-corrected chi connectivity index (χ2v) is 7.04. The Kier molecular flexibility index (Phi) is 7.15. The number of rotatable bonds is 8. The zero-order chi connectivity index (χ0) is 20.8. The first-order valence-corrected chi connectivity index (χ1v) is 9.28.